The number of benzene rings is 2. The van der Waals surface area contributed by atoms with Gasteiger partial charge in [0.25, 0.3) is 5.91 Å². The lowest BCUT2D eigenvalue weighted by molar-refractivity contribution is -0.121. The first-order chi connectivity index (χ1) is 13.1. The fraction of sp³-hybridized carbons (Fsp3) is 0.200. The molecule has 0 radical (unpaired) electrons. The maximum atomic E-state index is 12.1. The molecule has 140 valence electrons. The largest absolute Gasteiger partial charge is 0.497 e. The summed E-state index contributed by atoms with van der Waals surface area (Å²) >= 11 is 0. The number of carbonyl (C=O) groups is 2. The molecule has 2 N–H and O–H groups in total. The maximum Gasteiger partial charge on any atom is 0.269 e. The first-order valence-corrected chi connectivity index (χ1v) is 8.47. The minimum atomic E-state index is -0.409. The number of methoxy groups -OCH3 is 1. The molecule has 0 aliphatic heterocycles. The van der Waals surface area contributed by atoms with Gasteiger partial charge in [-0.15, -0.1) is 0 Å². The number of hydrazine groups is 1. The molecule has 0 aliphatic rings. The molecule has 7 nitrogen and oxygen atoms in total. The van der Waals surface area contributed by atoms with E-state index in [9.17, 15) is 9.59 Å². The van der Waals surface area contributed by atoms with Crippen LogP contribution in [0.3, 0.4) is 0 Å². The van der Waals surface area contributed by atoms with Gasteiger partial charge in [0.2, 0.25) is 5.91 Å². The van der Waals surface area contributed by atoms with Gasteiger partial charge in [-0.3, -0.25) is 20.4 Å². The second-order valence-electron chi connectivity index (χ2n) is 5.76. The highest BCUT2D eigenvalue weighted by molar-refractivity contribution is 5.96. The quantitative estimate of drug-likeness (QED) is 0.653. The van der Waals surface area contributed by atoms with Gasteiger partial charge in [0.15, 0.2) is 0 Å². The summed E-state index contributed by atoms with van der Waals surface area (Å²) in [5.41, 5.74) is 6.58. The number of carbonyl (C=O) groups excluding carboxylic acids is 2. The van der Waals surface area contributed by atoms with E-state index >= 15 is 0 Å². The Morgan fingerprint density at radius 3 is 2.48 bits per heavy atom. The molecule has 3 aromatic rings. The van der Waals surface area contributed by atoms with Gasteiger partial charge in [0, 0.05) is 22.6 Å². The van der Waals surface area contributed by atoms with Gasteiger partial charge in [0.1, 0.15) is 17.1 Å². The summed E-state index contributed by atoms with van der Waals surface area (Å²) in [6.45, 7) is 2.44. The average Bonchev–Trinajstić information content (AvgIpc) is 3.08. The normalized spacial score (nSPS) is 10.4. The van der Waals surface area contributed by atoms with Gasteiger partial charge in [-0.25, -0.2) is 0 Å². The van der Waals surface area contributed by atoms with Crippen molar-refractivity contribution in [1.29, 1.82) is 0 Å². The van der Waals surface area contributed by atoms with Crippen LogP contribution in [-0.2, 0) is 11.2 Å². The van der Waals surface area contributed by atoms with Crippen LogP contribution in [0, 0.1) is 0 Å². The number of ether oxygens (including phenoxy) is 2. The average molecular weight is 368 g/mol. The third kappa shape index (κ3) is 4.38. The van der Waals surface area contributed by atoms with Crippen LogP contribution in [0.1, 0.15) is 22.8 Å². The van der Waals surface area contributed by atoms with Crippen LogP contribution in [0.5, 0.6) is 11.5 Å². The van der Waals surface area contributed by atoms with E-state index < -0.39 is 5.91 Å². The molecule has 0 fully saturated rings. The Hall–Kier alpha value is -3.48. The lowest BCUT2D eigenvalue weighted by Crippen LogP contribution is -2.42. The fourth-order valence-electron chi connectivity index (χ4n) is 2.61. The lowest BCUT2D eigenvalue weighted by atomic mass is 10.1. The SMILES string of the molecule is CCOc1ccc(C(=O)NNC(=O)Cc2coc3cc(OC)ccc23)cc1. The molecule has 0 atom stereocenters. The highest BCUT2D eigenvalue weighted by Gasteiger charge is 2.12. The molecule has 3 rings (SSSR count). The minimum Gasteiger partial charge on any atom is -0.497 e. The van der Waals surface area contributed by atoms with Gasteiger partial charge in [-0.2, -0.15) is 0 Å². The summed E-state index contributed by atoms with van der Waals surface area (Å²) in [6.07, 6.45) is 1.60. The Bertz CT molecular complexity index is 947. The van der Waals surface area contributed by atoms with Crippen LogP contribution < -0.4 is 20.3 Å². The number of furan rings is 1. The van der Waals surface area contributed by atoms with Crippen molar-refractivity contribution in [2.45, 2.75) is 13.3 Å². The minimum absolute atomic E-state index is 0.0723. The fourth-order valence-corrected chi connectivity index (χ4v) is 2.61. The molecular weight excluding hydrogens is 348 g/mol. The molecule has 1 heterocycles. The molecule has 0 saturated heterocycles. The van der Waals surface area contributed by atoms with Gasteiger partial charge >= 0.3 is 0 Å². The van der Waals surface area contributed by atoms with Gasteiger partial charge < -0.3 is 13.9 Å². The Morgan fingerprint density at radius 2 is 1.78 bits per heavy atom. The number of rotatable bonds is 6. The molecule has 2 aromatic carbocycles. The van der Waals surface area contributed by atoms with E-state index in [0.717, 1.165) is 10.9 Å². The molecule has 7 heteroatoms. The van der Waals surface area contributed by atoms with Crippen molar-refractivity contribution < 1.29 is 23.5 Å². The van der Waals surface area contributed by atoms with Crippen molar-refractivity contribution in [1.82, 2.24) is 10.9 Å². The summed E-state index contributed by atoms with van der Waals surface area (Å²) in [5.74, 6) is 0.595. The van der Waals surface area contributed by atoms with Gasteiger partial charge in [-0.05, 0) is 43.3 Å². The number of fused-ring (bicyclic) bond motifs is 1. The van der Waals surface area contributed by atoms with Crippen LogP contribution in [0.15, 0.2) is 53.1 Å². The van der Waals surface area contributed by atoms with E-state index in [1.165, 1.54) is 6.26 Å². The predicted molar refractivity (Wildman–Crippen MR) is 99.7 cm³/mol. The topological polar surface area (TPSA) is 89.8 Å². The number of hydrogen-bond acceptors (Lipinski definition) is 5. The molecule has 0 bridgehead atoms. The maximum absolute atomic E-state index is 12.1. The molecule has 1 aromatic heterocycles. The lowest BCUT2D eigenvalue weighted by Gasteiger charge is -2.08. The van der Waals surface area contributed by atoms with Gasteiger partial charge in [0.05, 0.1) is 26.4 Å². The first-order valence-electron chi connectivity index (χ1n) is 8.47. The molecule has 0 aliphatic carbocycles. The third-order valence-electron chi connectivity index (χ3n) is 3.96. The van der Waals surface area contributed by atoms with Crippen LogP contribution in [0.4, 0.5) is 0 Å². The monoisotopic (exact) mass is 368 g/mol. The van der Waals surface area contributed by atoms with Crippen molar-refractivity contribution in [3.8, 4) is 11.5 Å². The Balaban J connectivity index is 1.57. The smallest absolute Gasteiger partial charge is 0.269 e. The van der Waals surface area contributed by atoms with Crippen molar-refractivity contribution in [2.24, 2.45) is 0 Å². The standard InChI is InChI=1S/C20H20N2O5/c1-3-26-15-6-4-13(5-7-15)20(24)22-21-19(23)10-14-12-27-18-11-16(25-2)8-9-17(14)18/h4-9,11-12H,3,10H2,1-2H3,(H,21,23)(H,22,24). The summed E-state index contributed by atoms with van der Waals surface area (Å²) in [5, 5.41) is 0.823. The number of nitrogens with one attached hydrogen (secondary N) is 2. The molecule has 0 saturated carbocycles. The molecule has 27 heavy (non-hydrogen) atoms. The van der Waals surface area contributed by atoms with Crippen LogP contribution >= 0.6 is 0 Å². The Morgan fingerprint density at radius 1 is 1.04 bits per heavy atom. The zero-order valence-corrected chi connectivity index (χ0v) is 15.1. The first kappa shape index (κ1) is 18.3. The zero-order valence-electron chi connectivity index (χ0n) is 15.1. The van der Waals surface area contributed by atoms with Crippen molar-refractivity contribution >= 4 is 22.8 Å². The van der Waals surface area contributed by atoms with Crippen LogP contribution in [0.2, 0.25) is 0 Å². The third-order valence-corrected chi connectivity index (χ3v) is 3.96. The predicted octanol–water partition coefficient (Wildman–Crippen LogP) is 2.84. The summed E-state index contributed by atoms with van der Waals surface area (Å²) in [6, 6.07) is 12.0. The number of amides is 2. The second-order valence-corrected chi connectivity index (χ2v) is 5.76. The van der Waals surface area contributed by atoms with E-state index in [0.29, 0.717) is 29.3 Å². The van der Waals surface area contributed by atoms with Crippen LogP contribution in [0.25, 0.3) is 11.0 Å². The highest BCUT2D eigenvalue weighted by atomic mass is 16.5. The zero-order chi connectivity index (χ0) is 19.2. The Labute approximate surface area is 156 Å². The van der Waals surface area contributed by atoms with E-state index in [1.807, 2.05) is 13.0 Å². The van der Waals surface area contributed by atoms with Crippen molar-refractivity contribution in [2.75, 3.05) is 13.7 Å². The molecular formula is C20H20N2O5. The summed E-state index contributed by atoms with van der Waals surface area (Å²) in [4.78, 5) is 24.2. The van der Waals surface area contributed by atoms with Crippen LogP contribution in [-0.4, -0.2) is 25.5 Å². The van der Waals surface area contributed by atoms with E-state index in [1.54, 1.807) is 43.5 Å². The molecule has 2 amide bonds. The van der Waals surface area contributed by atoms with E-state index in [2.05, 4.69) is 10.9 Å². The van der Waals surface area contributed by atoms with E-state index in [-0.39, 0.29) is 12.3 Å². The summed E-state index contributed by atoms with van der Waals surface area (Å²) < 4.78 is 15.9. The number of hydrogen-bond donors (Lipinski definition) is 2. The molecule has 0 spiro atoms. The Kier molecular flexibility index (Phi) is 5.61. The summed E-state index contributed by atoms with van der Waals surface area (Å²) in [7, 11) is 1.57. The highest BCUT2D eigenvalue weighted by Crippen LogP contribution is 2.25. The second kappa shape index (κ2) is 8.27. The van der Waals surface area contributed by atoms with Gasteiger partial charge in [-0.1, -0.05) is 0 Å². The van der Waals surface area contributed by atoms with Crippen molar-refractivity contribution in [3.63, 3.8) is 0 Å². The van der Waals surface area contributed by atoms with Crippen molar-refractivity contribution in [3.05, 3.63) is 59.9 Å². The molecule has 0 unspecified atom stereocenters. The van der Waals surface area contributed by atoms with E-state index in [4.69, 9.17) is 13.9 Å².